The number of imidazole rings is 1. The third kappa shape index (κ3) is 3.95. The summed E-state index contributed by atoms with van der Waals surface area (Å²) < 4.78 is 15.4. The van der Waals surface area contributed by atoms with E-state index in [1.54, 1.807) is 0 Å². The number of amides is 1. The molecule has 5 rings (SSSR count). The maximum absolute atomic E-state index is 14.0. The summed E-state index contributed by atoms with van der Waals surface area (Å²) in [6.45, 7) is 0. The van der Waals surface area contributed by atoms with Crippen LogP contribution in [0.2, 0.25) is 0 Å². The lowest BCUT2D eigenvalue weighted by Gasteiger charge is -2.18. The molecule has 158 valence electrons. The molecular weight excluding hydrogens is 409 g/mol. The van der Waals surface area contributed by atoms with Crippen LogP contribution >= 0.6 is 0 Å². The lowest BCUT2D eigenvalue weighted by molar-refractivity contribution is 0.0934. The number of H-pyrrole nitrogens is 1. The summed E-state index contributed by atoms with van der Waals surface area (Å²) in [4.78, 5) is 21.3. The molecule has 0 saturated heterocycles. The zero-order valence-corrected chi connectivity index (χ0v) is 16.8. The second kappa shape index (κ2) is 8.38. The van der Waals surface area contributed by atoms with Crippen molar-refractivity contribution >= 4 is 16.9 Å². The predicted octanol–water partition coefficient (Wildman–Crippen LogP) is 3.39. The Kier molecular flexibility index (Phi) is 5.12. The molecule has 8 nitrogen and oxygen atoms in total. The number of nitrogens with zero attached hydrogens (tertiary/aromatic N) is 5. The van der Waals surface area contributed by atoms with Crippen LogP contribution in [-0.4, -0.2) is 36.1 Å². The summed E-state index contributed by atoms with van der Waals surface area (Å²) in [5.41, 5.74) is 3.19. The molecule has 0 fully saturated rings. The first-order valence-corrected chi connectivity index (χ1v) is 10.00. The maximum atomic E-state index is 14.0. The average molecular weight is 427 g/mol. The highest BCUT2D eigenvalue weighted by Crippen LogP contribution is 2.22. The van der Waals surface area contributed by atoms with Gasteiger partial charge in [0.15, 0.2) is 0 Å². The molecule has 2 N–H and O–H groups in total. The van der Waals surface area contributed by atoms with Crippen molar-refractivity contribution < 1.29 is 9.18 Å². The minimum absolute atomic E-state index is 0.117. The van der Waals surface area contributed by atoms with Crippen LogP contribution in [0.15, 0.2) is 79.1 Å². The average Bonchev–Trinajstić information content (AvgIpc) is 3.49. The number of fused-ring (bicyclic) bond motifs is 1. The highest BCUT2D eigenvalue weighted by atomic mass is 19.1. The number of para-hydroxylation sites is 2. The van der Waals surface area contributed by atoms with Crippen molar-refractivity contribution in [2.75, 3.05) is 0 Å². The number of hydrogen-bond acceptors (Lipinski definition) is 5. The standard InChI is InChI=1S/C23H18FN7O/c24-16-10-11-21(31-14-25-29-30-31)17(13-16)23(32)28-20(12-15-6-2-1-3-7-15)22-26-18-8-4-5-9-19(18)27-22/h1-11,13-14,20H,12H2,(H,26,27)(H,28,32)/t20-/m1/s1. The summed E-state index contributed by atoms with van der Waals surface area (Å²) in [5, 5.41) is 14.0. The monoisotopic (exact) mass is 427 g/mol. The van der Waals surface area contributed by atoms with Gasteiger partial charge in [0.2, 0.25) is 0 Å². The van der Waals surface area contributed by atoms with Crippen molar-refractivity contribution in [1.29, 1.82) is 0 Å². The van der Waals surface area contributed by atoms with Gasteiger partial charge in [0.05, 0.1) is 28.3 Å². The molecule has 0 aliphatic carbocycles. The van der Waals surface area contributed by atoms with Gasteiger partial charge in [-0.2, -0.15) is 4.68 Å². The van der Waals surface area contributed by atoms with Gasteiger partial charge in [-0.15, -0.1) is 5.10 Å². The quantitative estimate of drug-likeness (QED) is 0.433. The van der Waals surface area contributed by atoms with E-state index in [9.17, 15) is 9.18 Å². The van der Waals surface area contributed by atoms with E-state index in [4.69, 9.17) is 0 Å². The molecule has 0 spiro atoms. The van der Waals surface area contributed by atoms with Gasteiger partial charge in [-0.05, 0) is 52.7 Å². The first-order chi connectivity index (χ1) is 15.7. The first kappa shape index (κ1) is 19.6. The van der Waals surface area contributed by atoms with Crippen molar-refractivity contribution in [3.8, 4) is 5.69 Å². The van der Waals surface area contributed by atoms with E-state index in [1.807, 2.05) is 54.6 Å². The third-order valence-electron chi connectivity index (χ3n) is 5.12. The Morgan fingerprint density at radius 1 is 1.06 bits per heavy atom. The van der Waals surface area contributed by atoms with Crippen molar-refractivity contribution in [3.05, 3.63) is 102 Å². The molecule has 5 aromatic rings. The predicted molar refractivity (Wildman–Crippen MR) is 116 cm³/mol. The van der Waals surface area contributed by atoms with Crippen LogP contribution in [0.3, 0.4) is 0 Å². The van der Waals surface area contributed by atoms with Gasteiger partial charge in [-0.1, -0.05) is 42.5 Å². The fourth-order valence-corrected chi connectivity index (χ4v) is 3.60. The van der Waals surface area contributed by atoms with Crippen molar-refractivity contribution in [3.63, 3.8) is 0 Å². The minimum atomic E-state index is -0.532. The zero-order valence-electron chi connectivity index (χ0n) is 16.8. The highest BCUT2D eigenvalue weighted by Gasteiger charge is 2.22. The lowest BCUT2D eigenvalue weighted by Crippen LogP contribution is -2.31. The van der Waals surface area contributed by atoms with Crippen LogP contribution in [0.1, 0.15) is 27.8 Å². The zero-order chi connectivity index (χ0) is 21.9. The second-order valence-corrected chi connectivity index (χ2v) is 7.27. The topological polar surface area (TPSA) is 101 Å². The Balaban J connectivity index is 1.51. The van der Waals surface area contributed by atoms with Crippen molar-refractivity contribution in [2.24, 2.45) is 0 Å². The van der Waals surface area contributed by atoms with Crippen LogP contribution in [-0.2, 0) is 6.42 Å². The number of carbonyl (C=O) groups is 1. The van der Waals surface area contributed by atoms with Gasteiger partial charge in [0.25, 0.3) is 5.91 Å². The van der Waals surface area contributed by atoms with Crippen LogP contribution < -0.4 is 5.32 Å². The summed E-state index contributed by atoms with van der Waals surface area (Å²) in [7, 11) is 0. The van der Waals surface area contributed by atoms with Gasteiger partial charge in [0.1, 0.15) is 18.0 Å². The SMILES string of the molecule is O=C(N[C@H](Cc1ccccc1)c1nc2ccccc2[nH]1)c1cc(F)ccc1-n1cnnn1. The van der Waals surface area contributed by atoms with Crippen LogP contribution in [0.4, 0.5) is 4.39 Å². The summed E-state index contributed by atoms with van der Waals surface area (Å²) in [6, 6.07) is 20.9. The van der Waals surface area contributed by atoms with Gasteiger partial charge in [0, 0.05) is 0 Å². The van der Waals surface area contributed by atoms with E-state index in [2.05, 4.69) is 30.8 Å². The minimum Gasteiger partial charge on any atom is -0.342 e. The van der Waals surface area contributed by atoms with Crippen LogP contribution in [0.5, 0.6) is 0 Å². The van der Waals surface area contributed by atoms with E-state index in [0.29, 0.717) is 17.9 Å². The maximum Gasteiger partial charge on any atom is 0.254 e. The number of benzene rings is 3. The number of tetrazole rings is 1. The second-order valence-electron chi connectivity index (χ2n) is 7.27. The molecule has 1 atom stereocenters. The highest BCUT2D eigenvalue weighted by molar-refractivity contribution is 5.98. The number of aromatic amines is 1. The lowest BCUT2D eigenvalue weighted by atomic mass is 10.0. The Labute approximate surface area is 182 Å². The Bertz CT molecular complexity index is 1330. The summed E-state index contributed by atoms with van der Waals surface area (Å²) in [5.74, 6) is -0.379. The van der Waals surface area contributed by atoms with E-state index in [1.165, 1.54) is 29.2 Å². The fourth-order valence-electron chi connectivity index (χ4n) is 3.60. The smallest absolute Gasteiger partial charge is 0.254 e. The largest absolute Gasteiger partial charge is 0.342 e. The third-order valence-corrected chi connectivity index (χ3v) is 5.12. The van der Waals surface area contributed by atoms with Gasteiger partial charge < -0.3 is 10.3 Å². The number of carbonyl (C=O) groups excluding carboxylic acids is 1. The van der Waals surface area contributed by atoms with Crippen molar-refractivity contribution in [2.45, 2.75) is 12.5 Å². The molecule has 0 aliphatic rings. The number of halogens is 1. The van der Waals surface area contributed by atoms with Crippen LogP contribution in [0.25, 0.3) is 16.7 Å². The van der Waals surface area contributed by atoms with Gasteiger partial charge in [-0.3, -0.25) is 4.79 Å². The van der Waals surface area contributed by atoms with Crippen LogP contribution in [0, 0.1) is 5.82 Å². The van der Waals surface area contributed by atoms with E-state index in [-0.39, 0.29) is 5.56 Å². The molecule has 2 aromatic heterocycles. The molecule has 32 heavy (non-hydrogen) atoms. The molecule has 0 radical (unpaired) electrons. The summed E-state index contributed by atoms with van der Waals surface area (Å²) in [6.07, 6.45) is 1.85. The molecule has 0 bridgehead atoms. The van der Waals surface area contributed by atoms with Gasteiger partial charge in [-0.25, -0.2) is 9.37 Å². The molecule has 0 saturated carbocycles. The molecule has 2 heterocycles. The van der Waals surface area contributed by atoms with Gasteiger partial charge >= 0.3 is 0 Å². The molecular formula is C23H18FN7O. The molecule has 9 heteroatoms. The van der Waals surface area contributed by atoms with E-state index in [0.717, 1.165) is 16.6 Å². The fraction of sp³-hybridized carbons (Fsp3) is 0.0870. The Hall–Kier alpha value is -4.40. The first-order valence-electron chi connectivity index (χ1n) is 10.00. The van der Waals surface area contributed by atoms with E-state index >= 15 is 0 Å². The molecule has 3 aromatic carbocycles. The summed E-state index contributed by atoms with van der Waals surface area (Å²) >= 11 is 0. The Morgan fingerprint density at radius 3 is 2.66 bits per heavy atom. The molecule has 1 amide bonds. The number of nitrogens with one attached hydrogen (secondary N) is 2. The van der Waals surface area contributed by atoms with E-state index < -0.39 is 17.8 Å². The van der Waals surface area contributed by atoms with Crippen molar-refractivity contribution in [1.82, 2.24) is 35.5 Å². The molecule has 0 unspecified atom stereocenters. The molecule has 0 aliphatic heterocycles. The number of aromatic nitrogens is 6. The number of rotatable bonds is 6. The Morgan fingerprint density at radius 2 is 1.88 bits per heavy atom. The number of hydrogen-bond donors (Lipinski definition) is 2. The normalized spacial score (nSPS) is 12.0.